The second-order valence-electron chi connectivity index (χ2n) is 6.50. The number of fused-ring (bicyclic) bond motifs is 1. The van der Waals surface area contributed by atoms with E-state index in [1.807, 2.05) is 6.07 Å². The number of aromatic nitrogens is 1. The predicted octanol–water partition coefficient (Wildman–Crippen LogP) is 4.86. The third kappa shape index (κ3) is 2.90. The number of esters is 1. The molecule has 1 N–H and O–H groups in total. The number of ether oxygens (including phenoxy) is 1. The number of nitrogens with zero attached hydrogens (tertiary/aromatic N) is 1. The molecule has 0 saturated heterocycles. The molecule has 2 aromatic heterocycles. The van der Waals surface area contributed by atoms with Crippen molar-refractivity contribution in [2.24, 2.45) is 0 Å². The van der Waals surface area contributed by atoms with Crippen molar-refractivity contribution in [3.05, 3.63) is 53.0 Å². The number of para-hydroxylation sites is 1. The number of hydrogen-bond donors (Lipinski definition) is 1. The van der Waals surface area contributed by atoms with Crippen LogP contribution in [0.15, 0.2) is 41.8 Å². The number of benzene rings is 1. The lowest BCUT2D eigenvalue weighted by Gasteiger charge is -2.17. The Hall–Kier alpha value is -2.60. The van der Waals surface area contributed by atoms with Gasteiger partial charge in [0, 0.05) is 6.04 Å². The van der Waals surface area contributed by atoms with Crippen molar-refractivity contribution in [3.8, 4) is 0 Å². The van der Waals surface area contributed by atoms with Gasteiger partial charge in [0.1, 0.15) is 5.69 Å². The number of carbonyl (C=O) groups is 2. The molecule has 1 amide bonds. The molecule has 1 fully saturated rings. The van der Waals surface area contributed by atoms with Gasteiger partial charge in [0.15, 0.2) is 0 Å². The fraction of sp³-hybridized carbons (Fsp3) is 0.300. The van der Waals surface area contributed by atoms with E-state index in [1.54, 1.807) is 35.6 Å². The SMILES string of the molecule is COC(=O)c1ccccc1NC(=O)c1cc2sccc2n1C1CCCC1. The molecular formula is C20H20N2O3S. The van der Waals surface area contributed by atoms with E-state index in [9.17, 15) is 9.59 Å². The molecule has 5 nitrogen and oxygen atoms in total. The standard InChI is InChI=1S/C20H20N2O3S/c1-25-20(24)14-8-4-5-9-15(14)21-19(23)17-12-18-16(10-11-26-18)22(17)13-6-2-3-7-13/h4-5,8-13H,2-3,6-7H2,1H3,(H,21,23). The molecule has 134 valence electrons. The summed E-state index contributed by atoms with van der Waals surface area (Å²) < 4.78 is 8.10. The predicted molar refractivity (Wildman–Crippen MR) is 103 cm³/mol. The highest BCUT2D eigenvalue weighted by Crippen LogP contribution is 2.36. The van der Waals surface area contributed by atoms with Crippen LogP contribution in [0.2, 0.25) is 0 Å². The smallest absolute Gasteiger partial charge is 0.339 e. The summed E-state index contributed by atoms with van der Waals surface area (Å²) in [6.45, 7) is 0. The van der Waals surface area contributed by atoms with E-state index >= 15 is 0 Å². The summed E-state index contributed by atoms with van der Waals surface area (Å²) in [5.41, 5.74) is 2.59. The Balaban J connectivity index is 1.70. The second kappa shape index (κ2) is 6.96. The first-order valence-electron chi connectivity index (χ1n) is 8.76. The normalized spacial score (nSPS) is 14.7. The number of nitrogens with one attached hydrogen (secondary N) is 1. The average Bonchev–Trinajstić information content (AvgIpc) is 3.38. The first-order valence-corrected chi connectivity index (χ1v) is 9.64. The minimum atomic E-state index is -0.465. The summed E-state index contributed by atoms with van der Waals surface area (Å²) in [7, 11) is 1.33. The average molecular weight is 368 g/mol. The molecule has 2 heterocycles. The molecule has 6 heteroatoms. The van der Waals surface area contributed by atoms with Crippen molar-refractivity contribution in [2.75, 3.05) is 12.4 Å². The largest absolute Gasteiger partial charge is 0.465 e. The lowest BCUT2D eigenvalue weighted by Crippen LogP contribution is -2.20. The molecule has 1 saturated carbocycles. The molecule has 1 aliphatic rings. The van der Waals surface area contributed by atoms with Crippen molar-refractivity contribution >= 4 is 39.1 Å². The Labute approximate surface area is 155 Å². The molecule has 0 unspecified atom stereocenters. The Morgan fingerprint density at radius 2 is 1.96 bits per heavy atom. The third-order valence-corrected chi connectivity index (χ3v) is 5.82. The van der Waals surface area contributed by atoms with Crippen LogP contribution < -0.4 is 5.32 Å². The van der Waals surface area contributed by atoms with E-state index in [-0.39, 0.29) is 5.91 Å². The molecule has 1 aromatic carbocycles. The topological polar surface area (TPSA) is 60.3 Å². The maximum absolute atomic E-state index is 13.0. The van der Waals surface area contributed by atoms with Crippen LogP contribution in [0, 0.1) is 0 Å². The molecule has 0 radical (unpaired) electrons. The second-order valence-corrected chi connectivity index (χ2v) is 7.45. The first-order chi connectivity index (χ1) is 12.7. The fourth-order valence-corrected chi connectivity index (χ4v) is 4.55. The van der Waals surface area contributed by atoms with Gasteiger partial charge in [0.25, 0.3) is 5.91 Å². The van der Waals surface area contributed by atoms with E-state index in [1.165, 1.54) is 20.0 Å². The zero-order chi connectivity index (χ0) is 18.1. The zero-order valence-corrected chi connectivity index (χ0v) is 15.3. The molecule has 3 aromatic rings. The van der Waals surface area contributed by atoms with Crippen LogP contribution in [-0.4, -0.2) is 23.6 Å². The molecule has 0 atom stereocenters. The maximum Gasteiger partial charge on any atom is 0.339 e. The number of amides is 1. The first kappa shape index (κ1) is 16.8. The minimum absolute atomic E-state index is 0.198. The summed E-state index contributed by atoms with van der Waals surface area (Å²) in [6.07, 6.45) is 4.58. The van der Waals surface area contributed by atoms with Crippen LogP contribution in [0.1, 0.15) is 52.6 Å². The van der Waals surface area contributed by atoms with Crippen LogP contribution in [0.5, 0.6) is 0 Å². The van der Waals surface area contributed by atoms with Crippen molar-refractivity contribution in [1.82, 2.24) is 4.57 Å². The van der Waals surface area contributed by atoms with Gasteiger partial charge in [0.2, 0.25) is 0 Å². The number of carbonyl (C=O) groups excluding carboxylic acids is 2. The van der Waals surface area contributed by atoms with Gasteiger partial charge in [-0.2, -0.15) is 0 Å². The summed E-state index contributed by atoms with van der Waals surface area (Å²) in [5.74, 6) is -0.662. The van der Waals surface area contributed by atoms with E-state index in [2.05, 4.69) is 21.3 Å². The third-order valence-electron chi connectivity index (χ3n) is 4.96. The lowest BCUT2D eigenvalue weighted by molar-refractivity contribution is 0.0602. The minimum Gasteiger partial charge on any atom is -0.465 e. The molecular weight excluding hydrogens is 348 g/mol. The molecule has 1 aliphatic carbocycles. The Morgan fingerprint density at radius 3 is 2.73 bits per heavy atom. The van der Waals surface area contributed by atoms with Crippen molar-refractivity contribution < 1.29 is 14.3 Å². The summed E-state index contributed by atoms with van der Waals surface area (Å²) in [4.78, 5) is 25.0. The van der Waals surface area contributed by atoms with E-state index in [4.69, 9.17) is 4.74 Å². The summed E-state index contributed by atoms with van der Waals surface area (Å²) in [6, 6.07) is 11.3. The van der Waals surface area contributed by atoms with Crippen molar-refractivity contribution in [3.63, 3.8) is 0 Å². The molecule has 0 spiro atoms. The van der Waals surface area contributed by atoms with Crippen molar-refractivity contribution in [1.29, 1.82) is 0 Å². The molecule has 26 heavy (non-hydrogen) atoms. The summed E-state index contributed by atoms with van der Waals surface area (Å²) >= 11 is 1.64. The van der Waals surface area contributed by atoms with Gasteiger partial charge in [-0.25, -0.2) is 4.79 Å². The van der Waals surface area contributed by atoms with E-state index in [0.717, 1.165) is 23.1 Å². The van der Waals surface area contributed by atoms with Gasteiger partial charge in [-0.1, -0.05) is 25.0 Å². The number of hydrogen-bond acceptors (Lipinski definition) is 4. The zero-order valence-electron chi connectivity index (χ0n) is 14.5. The highest BCUT2D eigenvalue weighted by atomic mass is 32.1. The van der Waals surface area contributed by atoms with Crippen LogP contribution in [0.25, 0.3) is 10.2 Å². The van der Waals surface area contributed by atoms with Gasteiger partial charge in [-0.3, -0.25) is 4.79 Å². The van der Waals surface area contributed by atoms with Gasteiger partial charge < -0.3 is 14.6 Å². The maximum atomic E-state index is 13.0. The van der Waals surface area contributed by atoms with E-state index < -0.39 is 5.97 Å². The Morgan fingerprint density at radius 1 is 1.19 bits per heavy atom. The number of methoxy groups -OCH3 is 1. The Bertz CT molecular complexity index is 967. The number of anilines is 1. The molecule has 0 aliphatic heterocycles. The van der Waals surface area contributed by atoms with Crippen LogP contribution in [0.3, 0.4) is 0 Å². The highest BCUT2D eigenvalue weighted by molar-refractivity contribution is 7.17. The molecule has 4 rings (SSSR count). The highest BCUT2D eigenvalue weighted by Gasteiger charge is 2.25. The molecule has 0 bridgehead atoms. The van der Waals surface area contributed by atoms with Crippen molar-refractivity contribution in [2.45, 2.75) is 31.7 Å². The monoisotopic (exact) mass is 368 g/mol. The van der Waals surface area contributed by atoms with Gasteiger partial charge in [0.05, 0.1) is 28.6 Å². The summed E-state index contributed by atoms with van der Waals surface area (Å²) in [5, 5.41) is 4.96. The number of thiophene rings is 1. The van der Waals surface area contributed by atoms with E-state index in [0.29, 0.717) is 23.0 Å². The fourth-order valence-electron chi connectivity index (χ4n) is 3.74. The Kier molecular flexibility index (Phi) is 4.51. The van der Waals surface area contributed by atoms with Gasteiger partial charge in [-0.05, 0) is 42.5 Å². The van der Waals surface area contributed by atoms with Crippen LogP contribution in [-0.2, 0) is 4.74 Å². The number of rotatable bonds is 4. The van der Waals surface area contributed by atoms with Crippen LogP contribution >= 0.6 is 11.3 Å². The van der Waals surface area contributed by atoms with Gasteiger partial charge in [-0.15, -0.1) is 11.3 Å². The quantitative estimate of drug-likeness (QED) is 0.669. The lowest BCUT2D eigenvalue weighted by atomic mass is 10.1. The van der Waals surface area contributed by atoms with Gasteiger partial charge >= 0.3 is 5.97 Å². The van der Waals surface area contributed by atoms with Crippen LogP contribution in [0.4, 0.5) is 5.69 Å².